The van der Waals surface area contributed by atoms with Crippen LogP contribution < -0.4 is 0 Å². The first-order chi connectivity index (χ1) is 24.8. The van der Waals surface area contributed by atoms with Gasteiger partial charge in [0.05, 0.1) is 5.41 Å². The van der Waals surface area contributed by atoms with Crippen molar-refractivity contribution in [2.24, 2.45) is 5.92 Å². The number of allylic oxidation sites excluding steroid dienone is 4. The molecule has 1 aliphatic carbocycles. The second-order valence-electron chi connectivity index (χ2n) is 12.7. The van der Waals surface area contributed by atoms with Gasteiger partial charge in [0.15, 0.2) is 17.5 Å². The average molecular weight is 660 g/mol. The van der Waals surface area contributed by atoms with Gasteiger partial charge in [0.1, 0.15) is 0 Å². The van der Waals surface area contributed by atoms with Gasteiger partial charge in [-0.25, -0.2) is 15.0 Å². The molecule has 0 amide bonds. The molecule has 9 rings (SSSR count). The Morgan fingerprint density at radius 1 is 0.500 bits per heavy atom. The van der Waals surface area contributed by atoms with Crippen molar-refractivity contribution in [3.63, 3.8) is 0 Å². The zero-order valence-corrected chi connectivity index (χ0v) is 28.2. The van der Waals surface area contributed by atoms with E-state index in [1.165, 1.54) is 36.9 Å². The van der Waals surface area contributed by atoms with Crippen LogP contribution in [0.3, 0.4) is 0 Å². The molecule has 2 heterocycles. The third kappa shape index (κ3) is 5.17. The molecule has 0 aliphatic heterocycles. The van der Waals surface area contributed by atoms with Gasteiger partial charge in [0.25, 0.3) is 0 Å². The van der Waals surface area contributed by atoms with Crippen molar-refractivity contribution in [2.45, 2.75) is 11.8 Å². The molecule has 1 unspecified atom stereocenters. The van der Waals surface area contributed by atoms with Crippen LogP contribution in [0.25, 0.3) is 54.3 Å². The smallest absolute Gasteiger partial charge is 0.164 e. The Labute approximate surface area is 296 Å². The molecule has 0 bridgehead atoms. The number of hydrogen-bond donors (Lipinski definition) is 0. The maximum absolute atomic E-state index is 5.27. The summed E-state index contributed by atoms with van der Waals surface area (Å²) in [6.45, 7) is 0. The molecule has 2 aromatic heterocycles. The molecule has 1 atom stereocenters. The lowest BCUT2D eigenvalue weighted by molar-refractivity contribution is 0.448. The molecule has 0 radical (unpaired) electrons. The van der Waals surface area contributed by atoms with Crippen molar-refractivity contribution in [1.29, 1.82) is 0 Å². The Hall–Kier alpha value is -5.97. The highest BCUT2D eigenvalue weighted by atomic mass is 32.1. The molecule has 0 saturated carbocycles. The maximum atomic E-state index is 5.27. The summed E-state index contributed by atoms with van der Waals surface area (Å²) in [5.74, 6) is 2.16. The first-order valence-electron chi connectivity index (χ1n) is 17.1. The van der Waals surface area contributed by atoms with E-state index < -0.39 is 5.41 Å². The van der Waals surface area contributed by atoms with E-state index in [-0.39, 0.29) is 5.92 Å². The quantitative estimate of drug-likeness (QED) is 0.160. The average Bonchev–Trinajstić information content (AvgIpc) is 3.58. The number of benzene rings is 6. The fourth-order valence-electron chi connectivity index (χ4n) is 7.63. The minimum absolute atomic E-state index is 0.176. The monoisotopic (exact) mass is 659 g/mol. The van der Waals surface area contributed by atoms with Crippen LogP contribution in [-0.2, 0) is 5.41 Å². The minimum Gasteiger partial charge on any atom is -0.208 e. The second-order valence-corrected chi connectivity index (χ2v) is 13.8. The first kappa shape index (κ1) is 30.1. The normalized spacial score (nSPS) is 14.4. The minimum atomic E-state index is -0.486. The van der Waals surface area contributed by atoms with Gasteiger partial charge in [0.2, 0.25) is 0 Å². The first-order valence-corrected chi connectivity index (χ1v) is 17.9. The van der Waals surface area contributed by atoms with Gasteiger partial charge in [-0.1, -0.05) is 164 Å². The lowest BCUT2D eigenvalue weighted by atomic mass is 9.60. The van der Waals surface area contributed by atoms with E-state index >= 15 is 0 Å². The van der Waals surface area contributed by atoms with Gasteiger partial charge in [-0.3, -0.25) is 0 Å². The highest BCUT2D eigenvalue weighted by Crippen LogP contribution is 2.51. The van der Waals surface area contributed by atoms with E-state index in [0.29, 0.717) is 17.5 Å². The Balaban J connectivity index is 1.41. The van der Waals surface area contributed by atoms with Crippen molar-refractivity contribution in [3.8, 4) is 34.2 Å². The van der Waals surface area contributed by atoms with Crippen LogP contribution in [0.4, 0.5) is 0 Å². The molecule has 8 aromatic rings. The van der Waals surface area contributed by atoms with Crippen LogP contribution in [-0.4, -0.2) is 15.0 Å². The van der Waals surface area contributed by atoms with Crippen LogP contribution >= 0.6 is 11.3 Å². The summed E-state index contributed by atoms with van der Waals surface area (Å²) in [4.78, 5) is 15.6. The molecule has 0 spiro atoms. The zero-order valence-electron chi connectivity index (χ0n) is 27.4. The van der Waals surface area contributed by atoms with Crippen LogP contribution in [0.5, 0.6) is 0 Å². The zero-order chi connectivity index (χ0) is 33.3. The van der Waals surface area contributed by atoms with Crippen LogP contribution in [0.1, 0.15) is 23.1 Å². The standard InChI is InChI=1S/C46H33N3S/c1-6-18-32(19-7-1)43-47-44(33-20-8-2-9-21-33)49-45(48-43)39-30-37(31-41-42(39)38-28-16-17-29-40(38)50-41)46(34-22-10-3-11-23-34,35-24-12-4-13-25-35)36-26-14-5-15-27-36/h1-26,28-31,36H,27H2. The van der Waals surface area contributed by atoms with E-state index in [1.54, 1.807) is 0 Å². The number of nitrogens with zero attached hydrogens (tertiary/aromatic N) is 3. The topological polar surface area (TPSA) is 38.7 Å². The van der Waals surface area contributed by atoms with Crippen molar-refractivity contribution in [1.82, 2.24) is 15.0 Å². The van der Waals surface area contributed by atoms with Crippen molar-refractivity contribution in [3.05, 3.63) is 199 Å². The number of fused-ring (bicyclic) bond motifs is 3. The van der Waals surface area contributed by atoms with Gasteiger partial charge in [-0.05, 0) is 47.2 Å². The van der Waals surface area contributed by atoms with Crippen molar-refractivity contribution in [2.75, 3.05) is 0 Å². The molecule has 4 heteroatoms. The molecule has 50 heavy (non-hydrogen) atoms. The summed E-state index contributed by atoms with van der Waals surface area (Å²) in [6, 6.07) is 56.0. The SMILES string of the molecule is C1=CCC(C(c2ccccc2)(c2ccccc2)c2cc(-c3nc(-c4ccccc4)nc(-c4ccccc4)n3)c3c(c2)sc2ccccc23)C=C1. The predicted octanol–water partition coefficient (Wildman–Crippen LogP) is 11.7. The molecular weight excluding hydrogens is 627 g/mol. The van der Waals surface area contributed by atoms with E-state index in [2.05, 4.69) is 146 Å². The molecule has 1 aliphatic rings. The molecule has 0 saturated heterocycles. The molecule has 238 valence electrons. The molecule has 0 fully saturated rings. The Kier molecular flexibility index (Phi) is 7.72. The largest absolute Gasteiger partial charge is 0.208 e. The van der Waals surface area contributed by atoms with E-state index in [4.69, 9.17) is 15.0 Å². The van der Waals surface area contributed by atoms with E-state index in [0.717, 1.165) is 23.1 Å². The summed E-state index contributed by atoms with van der Waals surface area (Å²) in [7, 11) is 0. The van der Waals surface area contributed by atoms with Gasteiger partial charge in [0, 0.05) is 36.9 Å². The summed E-state index contributed by atoms with van der Waals surface area (Å²) in [5, 5.41) is 2.38. The number of thiophene rings is 1. The van der Waals surface area contributed by atoms with Crippen LogP contribution in [0, 0.1) is 5.92 Å². The fourth-order valence-corrected chi connectivity index (χ4v) is 8.80. The predicted molar refractivity (Wildman–Crippen MR) is 208 cm³/mol. The number of aromatic nitrogens is 3. The van der Waals surface area contributed by atoms with Gasteiger partial charge < -0.3 is 0 Å². The second kappa shape index (κ2) is 12.8. The van der Waals surface area contributed by atoms with Gasteiger partial charge in [-0.2, -0.15) is 0 Å². The van der Waals surface area contributed by atoms with Crippen LogP contribution in [0.15, 0.2) is 182 Å². The molecule has 0 N–H and O–H groups in total. The fraction of sp³-hybridized carbons (Fsp3) is 0.0652. The van der Waals surface area contributed by atoms with E-state index in [1.807, 2.05) is 47.7 Å². The van der Waals surface area contributed by atoms with Crippen molar-refractivity contribution < 1.29 is 0 Å². The summed E-state index contributed by atoms with van der Waals surface area (Å²) >= 11 is 1.84. The maximum Gasteiger partial charge on any atom is 0.164 e. The molecule has 3 nitrogen and oxygen atoms in total. The van der Waals surface area contributed by atoms with Crippen LogP contribution in [0.2, 0.25) is 0 Å². The lowest BCUT2D eigenvalue weighted by Crippen LogP contribution is -2.37. The van der Waals surface area contributed by atoms with E-state index in [9.17, 15) is 0 Å². The summed E-state index contributed by atoms with van der Waals surface area (Å²) in [6.07, 6.45) is 9.98. The number of rotatable bonds is 7. The Bertz CT molecular complexity index is 2410. The van der Waals surface area contributed by atoms with Gasteiger partial charge >= 0.3 is 0 Å². The third-order valence-electron chi connectivity index (χ3n) is 9.87. The highest BCUT2D eigenvalue weighted by molar-refractivity contribution is 7.26. The highest BCUT2D eigenvalue weighted by Gasteiger charge is 2.43. The molecular formula is C46H33N3S. The van der Waals surface area contributed by atoms with Crippen molar-refractivity contribution >= 4 is 31.5 Å². The lowest BCUT2D eigenvalue weighted by Gasteiger charge is -2.42. The Morgan fingerprint density at radius 2 is 1.04 bits per heavy atom. The third-order valence-corrected chi connectivity index (χ3v) is 11.0. The summed E-state index contributed by atoms with van der Waals surface area (Å²) < 4.78 is 2.46. The Morgan fingerprint density at radius 3 is 1.62 bits per heavy atom. The molecule has 6 aromatic carbocycles. The van der Waals surface area contributed by atoms with Gasteiger partial charge in [-0.15, -0.1) is 11.3 Å². The summed E-state index contributed by atoms with van der Waals surface area (Å²) in [5.41, 5.74) is 6.17. The number of hydrogen-bond acceptors (Lipinski definition) is 4.